The monoisotopic (exact) mass is 345 g/mol. The third kappa shape index (κ3) is 4.59. The Morgan fingerprint density at radius 1 is 1.24 bits per heavy atom. The highest BCUT2D eigenvalue weighted by Gasteiger charge is 2.21. The molecule has 0 saturated heterocycles. The first-order chi connectivity index (χ1) is 11.8. The summed E-state index contributed by atoms with van der Waals surface area (Å²) in [5.41, 5.74) is 2.98. The molecule has 0 spiro atoms. The second kappa shape index (κ2) is 7.83. The molecule has 1 aromatic carbocycles. The number of rotatable bonds is 6. The molecule has 2 rings (SSSR count). The van der Waals surface area contributed by atoms with Crippen LogP contribution in [0, 0.1) is 13.8 Å². The predicted molar refractivity (Wildman–Crippen MR) is 93.6 cm³/mol. The zero-order valence-electron chi connectivity index (χ0n) is 15.1. The van der Waals surface area contributed by atoms with Gasteiger partial charge in [-0.05, 0) is 38.5 Å². The summed E-state index contributed by atoms with van der Waals surface area (Å²) in [6, 6.07) is 7.11. The summed E-state index contributed by atoms with van der Waals surface area (Å²) in [7, 11) is 3.38. The van der Waals surface area contributed by atoms with Crippen molar-refractivity contribution in [3.63, 3.8) is 0 Å². The minimum Gasteiger partial charge on any atom is -0.497 e. The summed E-state index contributed by atoms with van der Waals surface area (Å²) in [5, 5.41) is 7.01. The van der Waals surface area contributed by atoms with Gasteiger partial charge in [-0.25, -0.2) is 0 Å². The fraction of sp³-hybridized carbons (Fsp3) is 0.389. The van der Waals surface area contributed by atoms with E-state index in [0.717, 1.165) is 11.3 Å². The molecule has 1 atom stereocenters. The molecule has 7 nitrogen and oxygen atoms in total. The lowest BCUT2D eigenvalue weighted by molar-refractivity contribution is -0.152. The summed E-state index contributed by atoms with van der Waals surface area (Å²) in [6.07, 6.45) is -0.809. The van der Waals surface area contributed by atoms with Crippen LogP contribution in [0.1, 0.15) is 23.9 Å². The van der Waals surface area contributed by atoms with Crippen molar-refractivity contribution >= 4 is 17.6 Å². The normalized spacial score (nSPS) is 11.7. The number of carbonyl (C=O) groups excluding carboxylic acids is 2. The Hall–Kier alpha value is -2.83. The molecule has 2 aromatic rings. The standard InChI is InChI=1S/C18H23N3O4/c1-11-17(12(2)21(4)20-11)19-18(23)13(3)25-16(22)10-14-6-8-15(24-5)9-7-14/h6-9,13H,10H2,1-5H3,(H,19,23)/t13-/m0/s1. The average Bonchev–Trinajstić information content (AvgIpc) is 2.81. The lowest BCUT2D eigenvalue weighted by Gasteiger charge is -2.14. The average molecular weight is 345 g/mol. The molecule has 0 aliphatic rings. The van der Waals surface area contributed by atoms with Gasteiger partial charge in [0.05, 0.1) is 30.6 Å². The van der Waals surface area contributed by atoms with E-state index in [1.54, 1.807) is 50.0 Å². The van der Waals surface area contributed by atoms with Gasteiger partial charge in [0.15, 0.2) is 6.10 Å². The Bertz CT molecular complexity index is 765. The molecule has 0 unspecified atom stereocenters. The summed E-state index contributed by atoms with van der Waals surface area (Å²) < 4.78 is 12.0. The van der Waals surface area contributed by atoms with E-state index in [4.69, 9.17) is 9.47 Å². The van der Waals surface area contributed by atoms with Crippen molar-refractivity contribution in [2.45, 2.75) is 33.3 Å². The van der Waals surface area contributed by atoms with Crippen molar-refractivity contribution < 1.29 is 19.1 Å². The van der Waals surface area contributed by atoms with Gasteiger partial charge in [-0.1, -0.05) is 12.1 Å². The third-order valence-corrected chi connectivity index (χ3v) is 3.94. The predicted octanol–water partition coefficient (Wildman–Crippen LogP) is 2.16. The Kier molecular flexibility index (Phi) is 5.80. The molecule has 1 amide bonds. The van der Waals surface area contributed by atoms with Gasteiger partial charge in [-0.2, -0.15) is 5.10 Å². The van der Waals surface area contributed by atoms with Crippen LogP contribution in [-0.4, -0.2) is 34.9 Å². The van der Waals surface area contributed by atoms with Gasteiger partial charge in [0, 0.05) is 7.05 Å². The molecule has 0 saturated carbocycles. The molecular weight excluding hydrogens is 322 g/mol. The zero-order valence-corrected chi connectivity index (χ0v) is 15.1. The number of anilines is 1. The molecular formula is C18H23N3O4. The number of hydrogen-bond donors (Lipinski definition) is 1. The van der Waals surface area contributed by atoms with Crippen LogP contribution in [0.5, 0.6) is 5.75 Å². The van der Waals surface area contributed by atoms with Crippen molar-refractivity contribution in [2.75, 3.05) is 12.4 Å². The van der Waals surface area contributed by atoms with E-state index in [9.17, 15) is 9.59 Å². The first kappa shape index (κ1) is 18.5. The van der Waals surface area contributed by atoms with Crippen LogP contribution in [0.15, 0.2) is 24.3 Å². The molecule has 0 aliphatic heterocycles. The van der Waals surface area contributed by atoms with E-state index in [1.807, 2.05) is 13.8 Å². The van der Waals surface area contributed by atoms with E-state index in [2.05, 4.69) is 10.4 Å². The Balaban J connectivity index is 1.92. The van der Waals surface area contributed by atoms with Crippen LogP contribution in [-0.2, 0) is 27.8 Å². The Morgan fingerprint density at radius 2 is 1.88 bits per heavy atom. The van der Waals surface area contributed by atoms with Crippen LogP contribution in [0.25, 0.3) is 0 Å². The second-order valence-corrected chi connectivity index (χ2v) is 5.82. The number of amides is 1. The maximum Gasteiger partial charge on any atom is 0.311 e. The van der Waals surface area contributed by atoms with Crippen LogP contribution in [0.3, 0.4) is 0 Å². The number of benzene rings is 1. The summed E-state index contributed by atoms with van der Waals surface area (Å²) in [5.74, 6) is -0.137. The highest BCUT2D eigenvalue weighted by atomic mass is 16.5. The number of carbonyl (C=O) groups is 2. The van der Waals surface area contributed by atoms with Crippen molar-refractivity contribution in [1.29, 1.82) is 0 Å². The lowest BCUT2D eigenvalue weighted by atomic mass is 10.1. The molecule has 0 aliphatic carbocycles. The van der Waals surface area contributed by atoms with E-state index >= 15 is 0 Å². The number of nitrogens with zero attached hydrogens (tertiary/aromatic N) is 2. The number of aromatic nitrogens is 2. The molecule has 1 heterocycles. The topological polar surface area (TPSA) is 82.4 Å². The molecule has 0 fully saturated rings. The van der Waals surface area contributed by atoms with Gasteiger partial charge in [-0.3, -0.25) is 14.3 Å². The number of ether oxygens (including phenoxy) is 2. The molecule has 25 heavy (non-hydrogen) atoms. The van der Waals surface area contributed by atoms with E-state index in [0.29, 0.717) is 17.1 Å². The maximum absolute atomic E-state index is 12.3. The van der Waals surface area contributed by atoms with Gasteiger partial charge in [0.1, 0.15) is 5.75 Å². The van der Waals surface area contributed by atoms with E-state index in [-0.39, 0.29) is 12.3 Å². The molecule has 1 aromatic heterocycles. The first-order valence-corrected chi connectivity index (χ1v) is 7.95. The van der Waals surface area contributed by atoms with Crippen molar-refractivity contribution in [2.24, 2.45) is 7.05 Å². The summed E-state index contributed by atoms with van der Waals surface area (Å²) >= 11 is 0. The molecule has 7 heteroatoms. The van der Waals surface area contributed by atoms with Gasteiger partial charge in [0.25, 0.3) is 5.91 Å². The number of nitrogens with one attached hydrogen (secondary N) is 1. The van der Waals surface area contributed by atoms with Gasteiger partial charge in [-0.15, -0.1) is 0 Å². The van der Waals surface area contributed by atoms with Crippen molar-refractivity contribution in [3.05, 3.63) is 41.2 Å². The number of hydrogen-bond acceptors (Lipinski definition) is 5. The molecule has 134 valence electrons. The maximum atomic E-state index is 12.3. The minimum absolute atomic E-state index is 0.0898. The fourth-order valence-corrected chi connectivity index (χ4v) is 2.38. The van der Waals surface area contributed by atoms with E-state index in [1.165, 1.54) is 0 Å². The number of aryl methyl sites for hydroxylation is 2. The van der Waals surface area contributed by atoms with Crippen LogP contribution < -0.4 is 10.1 Å². The van der Waals surface area contributed by atoms with Gasteiger partial charge in [0.2, 0.25) is 0 Å². The number of esters is 1. The highest BCUT2D eigenvalue weighted by molar-refractivity contribution is 5.96. The van der Waals surface area contributed by atoms with Crippen LogP contribution >= 0.6 is 0 Å². The third-order valence-electron chi connectivity index (χ3n) is 3.94. The van der Waals surface area contributed by atoms with Crippen molar-refractivity contribution in [3.8, 4) is 5.75 Å². The largest absolute Gasteiger partial charge is 0.497 e. The second-order valence-electron chi connectivity index (χ2n) is 5.82. The highest BCUT2D eigenvalue weighted by Crippen LogP contribution is 2.19. The first-order valence-electron chi connectivity index (χ1n) is 7.95. The van der Waals surface area contributed by atoms with Gasteiger partial charge < -0.3 is 14.8 Å². The summed E-state index contributed by atoms with van der Waals surface area (Å²) in [6.45, 7) is 5.21. The smallest absolute Gasteiger partial charge is 0.311 e. The zero-order chi connectivity index (χ0) is 18.6. The Labute approximate surface area is 146 Å². The van der Waals surface area contributed by atoms with Crippen LogP contribution in [0.2, 0.25) is 0 Å². The quantitative estimate of drug-likeness (QED) is 0.811. The molecule has 1 N–H and O–H groups in total. The number of methoxy groups -OCH3 is 1. The van der Waals surface area contributed by atoms with Gasteiger partial charge >= 0.3 is 5.97 Å². The molecule has 0 radical (unpaired) electrons. The fourth-order valence-electron chi connectivity index (χ4n) is 2.38. The SMILES string of the molecule is COc1ccc(CC(=O)O[C@@H](C)C(=O)Nc2c(C)nn(C)c2C)cc1. The van der Waals surface area contributed by atoms with E-state index < -0.39 is 12.1 Å². The van der Waals surface area contributed by atoms with Crippen LogP contribution in [0.4, 0.5) is 5.69 Å². The lowest BCUT2D eigenvalue weighted by Crippen LogP contribution is -2.30. The minimum atomic E-state index is -0.898. The Morgan fingerprint density at radius 3 is 2.40 bits per heavy atom. The summed E-state index contributed by atoms with van der Waals surface area (Å²) in [4.78, 5) is 24.3. The van der Waals surface area contributed by atoms with Crippen molar-refractivity contribution in [1.82, 2.24) is 9.78 Å². The molecule has 0 bridgehead atoms.